The van der Waals surface area contributed by atoms with Gasteiger partial charge in [-0.05, 0) is 49.7 Å². The van der Waals surface area contributed by atoms with E-state index in [-0.39, 0.29) is 5.91 Å². The van der Waals surface area contributed by atoms with Crippen molar-refractivity contribution in [2.45, 2.75) is 19.3 Å². The molecule has 1 heterocycles. The van der Waals surface area contributed by atoms with Crippen LogP contribution in [0.2, 0.25) is 10.0 Å². The lowest BCUT2D eigenvalue weighted by atomic mass is 9.94. The summed E-state index contributed by atoms with van der Waals surface area (Å²) in [5.41, 5.74) is 8.87. The summed E-state index contributed by atoms with van der Waals surface area (Å²) in [6, 6.07) is 10.9. The first-order valence-corrected chi connectivity index (χ1v) is 8.66. The van der Waals surface area contributed by atoms with Crippen molar-refractivity contribution in [3.63, 3.8) is 0 Å². The molecule has 4 N–H and O–H groups in total. The summed E-state index contributed by atoms with van der Waals surface area (Å²) < 4.78 is 0. The van der Waals surface area contributed by atoms with Crippen molar-refractivity contribution >= 4 is 45.7 Å². The first-order valence-electron chi connectivity index (χ1n) is 7.91. The van der Waals surface area contributed by atoms with Gasteiger partial charge in [-0.3, -0.25) is 9.89 Å². The normalized spacial score (nSPS) is 12.3. The lowest BCUT2D eigenvalue weighted by Gasteiger charge is -2.18. The van der Waals surface area contributed by atoms with Crippen molar-refractivity contribution in [2.24, 2.45) is 5.73 Å². The predicted octanol–water partition coefficient (Wildman–Crippen LogP) is 4.25. The maximum Gasteiger partial charge on any atom is 0.232 e. The number of hydrogen-bond donors (Lipinski definition) is 3. The third-order valence-corrected chi connectivity index (χ3v) is 4.98. The molecule has 1 atom stereocenters. The van der Waals surface area contributed by atoms with Crippen molar-refractivity contribution < 1.29 is 4.79 Å². The fourth-order valence-corrected chi connectivity index (χ4v) is 3.28. The van der Waals surface area contributed by atoms with Gasteiger partial charge in [0.2, 0.25) is 5.91 Å². The number of nitrogens with one attached hydrogen (secondary N) is 2. The van der Waals surface area contributed by atoms with E-state index in [0.717, 1.165) is 16.6 Å². The topological polar surface area (TPSA) is 83.8 Å². The highest BCUT2D eigenvalue weighted by Gasteiger charge is 2.23. The Balaban J connectivity index is 1.89. The van der Waals surface area contributed by atoms with E-state index in [0.29, 0.717) is 34.3 Å². The second-order valence-corrected chi connectivity index (χ2v) is 6.62. The highest BCUT2D eigenvalue weighted by Crippen LogP contribution is 2.33. The summed E-state index contributed by atoms with van der Waals surface area (Å²) in [5, 5.41) is 11.8. The Hall–Kier alpha value is -2.08. The molecule has 1 unspecified atom stereocenters. The fourth-order valence-electron chi connectivity index (χ4n) is 2.84. The number of fused-ring (bicyclic) bond motifs is 1. The number of aromatic amines is 1. The van der Waals surface area contributed by atoms with Crippen LogP contribution < -0.4 is 11.1 Å². The van der Waals surface area contributed by atoms with Gasteiger partial charge >= 0.3 is 0 Å². The molecule has 0 bridgehead atoms. The molecule has 0 aliphatic carbocycles. The van der Waals surface area contributed by atoms with E-state index < -0.39 is 5.92 Å². The van der Waals surface area contributed by atoms with Gasteiger partial charge in [-0.25, -0.2) is 0 Å². The number of amides is 1. The first-order chi connectivity index (χ1) is 12.0. The molecule has 0 saturated carbocycles. The van der Waals surface area contributed by atoms with Gasteiger partial charge in [0.05, 0.1) is 27.2 Å². The van der Waals surface area contributed by atoms with E-state index in [4.69, 9.17) is 28.9 Å². The number of nitrogens with zero attached hydrogens (tertiary/aromatic N) is 1. The number of rotatable bonds is 5. The second-order valence-electron chi connectivity index (χ2n) is 5.83. The standard InChI is InChI=1S/C18H18Cl2N4O/c1-10-14-9-11(5-6-16(14)24-23-10)22-18(25)13(7-8-21)12-3-2-4-15(19)17(12)20/h2-6,9,13H,7-8,21H2,1H3,(H,22,25)(H,23,24). The van der Waals surface area contributed by atoms with Crippen LogP contribution in [0, 0.1) is 6.92 Å². The van der Waals surface area contributed by atoms with Gasteiger partial charge in [0.15, 0.2) is 0 Å². The molecule has 1 amide bonds. The smallest absolute Gasteiger partial charge is 0.232 e. The average Bonchev–Trinajstić information content (AvgIpc) is 2.96. The molecule has 130 valence electrons. The second kappa shape index (κ2) is 7.44. The van der Waals surface area contributed by atoms with Crippen molar-refractivity contribution in [2.75, 3.05) is 11.9 Å². The molecular formula is C18H18Cl2N4O. The minimum Gasteiger partial charge on any atom is -0.330 e. The molecule has 0 spiro atoms. The van der Waals surface area contributed by atoms with Crippen LogP contribution in [0.25, 0.3) is 10.9 Å². The molecule has 7 heteroatoms. The van der Waals surface area contributed by atoms with Gasteiger partial charge in [0, 0.05) is 11.1 Å². The van der Waals surface area contributed by atoms with Crippen molar-refractivity contribution in [3.8, 4) is 0 Å². The molecule has 0 saturated heterocycles. The van der Waals surface area contributed by atoms with Crippen LogP contribution >= 0.6 is 23.2 Å². The summed E-state index contributed by atoms with van der Waals surface area (Å²) >= 11 is 12.4. The zero-order valence-electron chi connectivity index (χ0n) is 13.6. The zero-order valence-corrected chi connectivity index (χ0v) is 15.2. The van der Waals surface area contributed by atoms with Crippen molar-refractivity contribution in [3.05, 3.63) is 57.7 Å². The summed E-state index contributed by atoms with van der Waals surface area (Å²) in [4.78, 5) is 12.8. The number of hydrogen-bond acceptors (Lipinski definition) is 3. The lowest BCUT2D eigenvalue weighted by Crippen LogP contribution is -2.24. The summed E-state index contributed by atoms with van der Waals surface area (Å²) in [6.07, 6.45) is 0.471. The van der Waals surface area contributed by atoms with Crippen LogP contribution in [0.3, 0.4) is 0 Å². The largest absolute Gasteiger partial charge is 0.330 e. The molecule has 3 rings (SSSR count). The summed E-state index contributed by atoms with van der Waals surface area (Å²) in [7, 11) is 0. The number of carbonyl (C=O) groups excluding carboxylic acids is 1. The maximum atomic E-state index is 12.8. The third kappa shape index (κ3) is 3.63. The van der Waals surface area contributed by atoms with Crippen LogP contribution in [0.1, 0.15) is 23.6 Å². The molecule has 0 fully saturated rings. The van der Waals surface area contributed by atoms with E-state index >= 15 is 0 Å². The van der Waals surface area contributed by atoms with E-state index in [9.17, 15) is 4.79 Å². The number of H-pyrrole nitrogens is 1. The van der Waals surface area contributed by atoms with Gasteiger partial charge in [0.25, 0.3) is 0 Å². The molecule has 0 radical (unpaired) electrons. The van der Waals surface area contributed by atoms with Crippen LogP contribution in [-0.2, 0) is 4.79 Å². The molecule has 0 aliphatic heterocycles. The van der Waals surface area contributed by atoms with Gasteiger partial charge in [0.1, 0.15) is 0 Å². The van der Waals surface area contributed by atoms with Crippen LogP contribution in [0.5, 0.6) is 0 Å². The quantitative estimate of drug-likeness (QED) is 0.622. The van der Waals surface area contributed by atoms with Crippen LogP contribution in [0.15, 0.2) is 36.4 Å². The average molecular weight is 377 g/mol. The predicted molar refractivity (Wildman–Crippen MR) is 102 cm³/mol. The molecular weight excluding hydrogens is 359 g/mol. The van der Waals surface area contributed by atoms with E-state index in [1.165, 1.54) is 0 Å². The van der Waals surface area contributed by atoms with Crippen molar-refractivity contribution in [1.82, 2.24) is 10.2 Å². The molecule has 1 aromatic heterocycles. The maximum absolute atomic E-state index is 12.8. The highest BCUT2D eigenvalue weighted by molar-refractivity contribution is 6.42. The number of halogens is 2. The molecule has 0 aliphatic rings. The fraction of sp³-hybridized carbons (Fsp3) is 0.222. The van der Waals surface area contributed by atoms with E-state index in [1.807, 2.05) is 25.1 Å². The number of anilines is 1. The van der Waals surface area contributed by atoms with Gasteiger partial charge in [-0.1, -0.05) is 35.3 Å². The van der Waals surface area contributed by atoms with Crippen molar-refractivity contribution in [1.29, 1.82) is 0 Å². The SMILES string of the molecule is Cc1n[nH]c2ccc(NC(=O)C(CCN)c3cccc(Cl)c3Cl)cc12. The Morgan fingerprint density at radius 2 is 2.12 bits per heavy atom. The number of aryl methyl sites for hydroxylation is 1. The third-order valence-electron chi connectivity index (χ3n) is 4.15. The number of aromatic nitrogens is 2. The Morgan fingerprint density at radius 1 is 1.32 bits per heavy atom. The number of benzene rings is 2. The Kier molecular flexibility index (Phi) is 5.27. The molecule has 25 heavy (non-hydrogen) atoms. The minimum absolute atomic E-state index is 0.171. The Bertz CT molecular complexity index is 923. The number of carbonyl (C=O) groups is 1. The van der Waals surface area contributed by atoms with Crippen LogP contribution in [-0.4, -0.2) is 22.6 Å². The molecule has 2 aromatic carbocycles. The Labute approximate surface area is 155 Å². The zero-order chi connectivity index (χ0) is 18.0. The first kappa shape index (κ1) is 17.7. The molecule has 5 nitrogen and oxygen atoms in total. The Morgan fingerprint density at radius 3 is 2.88 bits per heavy atom. The highest BCUT2D eigenvalue weighted by atomic mass is 35.5. The van der Waals surface area contributed by atoms with Gasteiger partial charge in [-0.2, -0.15) is 5.10 Å². The molecule has 3 aromatic rings. The lowest BCUT2D eigenvalue weighted by molar-refractivity contribution is -0.117. The minimum atomic E-state index is -0.475. The van der Waals surface area contributed by atoms with Crippen LogP contribution in [0.4, 0.5) is 5.69 Å². The van der Waals surface area contributed by atoms with E-state index in [1.54, 1.807) is 18.2 Å². The summed E-state index contributed by atoms with van der Waals surface area (Å²) in [6.45, 7) is 2.27. The van der Waals surface area contributed by atoms with E-state index in [2.05, 4.69) is 15.5 Å². The number of nitrogens with two attached hydrogens (primary N) is 1. The van der Waals surface area contributed by atoms with Gasteiger partial charge < -0.3 is 11.1 Å². The van der Waals surface area contributed by atoms with Gasteiger partial charge in [-0.15, -0.1) is 0 Å². The monoisotopic (exact) mass is 376 g/mol. The summed E-state index contributed by atoms with van der Waals surface area (Å²) in [5.74, 6) is -0.646.